The molecule has 3 rings (SSSR count). The highest BCUT2D eigenvalue weighted by molar-refractivity contribution is 5.77. The molecule has 0 atom stereocenters. The van der Waals surface area contributed by atoms with E-state index in [0.717, 1.165) is 57.9 Å². The summed E-state index contributed by atoms with van der Waals surface area (Å²) < 4.78 is 5.00. The molecule has 1 spiro atoms. The Kier molecular flexibility index (Phi) is 6.34. The van der Waals surface area contributed by atoms with E-state index in [2.05, 4.69) is 34.0 Å². The molecule has 1 aromatic rings. The summed E-state index contributed by atoms with van der Waals surface area (Å²) in [5, 5.41) is 0. The number of amides is 1. The first kappa shape index (κ1) is 20.0. The molecule has 150 valence electrons. The number of piperidine rings is 1. The van der Waals surface area contributed by atoms with E-state index < -0.39 is 0 Å². The van der Waals surface area contributed by atoms with Gasteiger partial charge in [-0.25, -0.2) is 4.98 Å². The minimum Gasteiger partial charge on any atom is -0.375 e. The summed E-state index contributed by atoms with van der Waals surface area (Å²) >= 11 is 0. The summed E-state index contributed by atoms with van der Waals surface area (Å²) in [6.07, 6.45) is 4.03. The second-order valence-corrected chi connectivity index (χ2v) is 8.09. The summed E-state index contributed by atoms with van der Waals surface area (Å²) in [6, 6.07) is 4.26. The van der Waals surface area contributed by atoms with Gasteiger partial charge < -0.3 is 14.5 Å². The topological polar surface area (TPSA) is 52.2 Å². The van der Waals surface area contributed by atoms with Gasteiger partial charge in [0.2, 0.25) is 5.91 Å². The van der Waals surface area contributed by atoms with Crippen LogP contribution in [-0.4, -0.2) is 98.7 Å². The molecule has 0 unspecified atom stereocenters. The maximum absolute atomic E-state index is 12.1. The summed E-state index contributed by atoms with van der Waals surface area (Å²) in [4.78, 5) is 25.7. The number of ether oxygens (including phenoxy) is 1. The summed E-state index contributed by atoms with van der Waals surface area (Å²) in [7, 11) is 7.83. The van der Waals surface area contributed by atoms with Crippen molar-refractivity contribution >= 4 is 11.7 Å². The highest BCUT2D eigenvalue weighted by Crippen LogP contribution is 2.32. The Morgan fingerprint density at radius 3 is 2.56 bits per heavy atom. The molecule has 27 heavy (non-hydrogen) atoms. The van der Waals surface area contributed by atoms with E-state index in [-0.39, 0.29) is 18.1 Å². The zero-order valence-electron chi connectivity index (χ0n) is 17.1. The van der Waals surface area contributed by atoms with Gasteiger partial charge >= 0.3 is 0 Å². The second kappa shape index (κ2) is 8.54. The molecule has 1 aromatic heterocycles. The van der Waals surface area contributed by atoms with Crippen LogP contribution in [0.15, 0.2) is 18.3 Å². The predicted octanol–water partition coefficient (Wildman–Crippen LogP) is 0.903. The van der Waals surface area contributed by atoms with E-state index in [1.807, 2.05) is 30.1 Å². The number of anilines is 1. The van der Waals surface area contributed by atoms with Gasteiger partial charge in [-0.1, -0.05) is 6.07 Å². The van der Waals surface area contributed by atoms with Gasteiger partial charge in [-0.2, -0.15) is 0 Å². The first-order chi connectivity index (χ1) is 12.9. The lowest BCUT2D eigenvalue weighted by Crippen LogP contribution is -2.64. The van der Waals surface area contributed by atoms with Crippen molar-refractivity contribution in [3.8, 4) is 0 Å². The van der Waals surface area contributed by atoms with Crippen LogP contribution in [0.4, 0.5) is 5.82 Å². The highest BCUT2D eigenvalue weighted by atomic mass is 16.5. The first-order valence-electron chi connectivity index (χ1n) is 9.76. The lowest BCUT2D eigenvalue weighted by molar-refractivity contribution is -0.138. The Morgan fingerprint density at radius 2 is 1.96 bits per heavy atom. The zero-order chi connectivity index (χ0) is 19.4. The maximum Gasteiger partial charge on any atom is 0.248 e. The van der Waals surface area contributed by atoms with E-state index >= 15 is 0 Å². The Balaban J connectivity index is 1.60. The number of carbonyl (C=O) groups excluding carboxylic acids is 1. The number of hydrogen-bond donors (Lipinski definition) is 0. The number of rotatable bonds is 5. The molecule has 0 bridgehead atoms. The van der Waals surface area contributed by atoms with E-state index in [0.29, 0.717) is 0 Å². The van der Waals surface area contributed by atoms with Crippen LogP contribution >= 0.6 is 0 Å². The summed E-state index contributed by atoms with van der Waals surface area (Å²) in [5.74, 6) is 1.09. The van der Waals surface area contributed by atoms with Gasteiger partial charge in [0.25, 0.3) is 0 Å². The van der Waals surface area contributed by atoms with Crippen molar-refractivity contribution in [3.05, 3.63) is 23.9 Å². The van der Waals surface area contributed by atoms with Crippen molar-refractivity contribution in [2.45, 2.75) is 24.9 Å². The average Bonchev–Trinajstić information content (AvgIpc) is 2.66. The molecule has 2 aliphatic rings. The van der Waals surface area contributed by atoms with Crippen molar-refractivity contribution in [2.75, 3.05) is 72.5 Å². The molecule has 2 fully saturated rings. The molecule has 0 saturated carbocycles. The Hall–Kier alpha value is -1.70. The van der Waals surface area contributed by atoms with Gasteiger partial charge in [0.15, 0.2) is 0 Å². The van der Waals surface area contributed by atoms with Crippen LogP contribution < -0.4 is 4.90 Å². The average molecular weight is 376 g/mol. The van der Waals surface area contributed by atoms with Gasteiger partial charge in [0.1, 0.15) is 12.4 Å². The number of likely N-dealkylation sites (tertiary alicyclic amines) is 1. The van der Waals surface area contributed by atoms with Crippen LogP contribution in [0.5, 0.6) is 0 Å². The minimum atomic E-state index is 0.106. The van der Waals surface area contributed by atoms with Crippen molar-refractivity contribution in [2.24, 2.45) is 0 Å². The van der Waals surface area contributed by atoms with E-state index in [4.69, 9.17) is 4.74 Å². The molecule has 0 radical (unpaired) electrons. The van der Waals surface area contributed by atoms with Crippen LogP contribution in [0, 0.1) is 0 Å². The maximum atomic E-state index is 12.1. The first-order valence-corrected chi connectivity index (χ1v) is 9.76. The number of hydrogen-bond acceptors (Lipinski definition) is 6. The number of nitrogens with zero attached hydrogens (tertiary/aromatic N) is 5. The summed E-state index contributed by atoms with van der Waals surface area (Å²) in [6.45, 7) is 5.94. The van der Waals surface area contributed by atoms with Crippen molar-refractivity contribution in [1.29, 1.82) is 0 Å². The largest absolute Gasteiger partial charge is 0.375 e. The zero-order valence-corrected chi connectivity index (χ0v) is 17.1. The van der Waals surface area contributed by atoms with Gasteiger partial charge in [0.05, 0.1) is 0 Å². The normalized spacial score (nSPS) is 20.8. The van der Waals surface area contributed by atoms with Gasteiger partial charge in [0, 0.05) is 72.2 Å². The number of piperazine rings is 1. The van der Waals surface area contributed by atoms with Crippen LogP contribution in [0.25, 0.3) is 0 Å². The van der Waals surface area contributed by atoms with Crippen LogP contribution in [0.1, 0.15) is 18.4 Å². The van der Waals surface area contributed by atoms with Gasteiger partial charge in [-0.05, 0) is 31.5 Å². The van der Waals surface area contributed by atoms with Gasteiger partial charge in [-0.15, -0.1) is 0 Å². The van der Waals surface area contributed by atoms with Crippen LogP contribution in [0.2, 0.25) is 0 Å². The molecule has 7 nitrogen and oxygen atoms in total. The van der Waals surface area contributed by atoms with Crippen LogP contribution in [0.3, 0.4) is 0 Å². The molecular formula is C20H33N5O2. The van der Waals surface area contributed by atoms with Crippen LogP contribution in [-0.2, 0) is 16.1 Å². The number of aromatic nitrogens is 1. The lowest BCUT2D eigenvalue weighted by Gasteiger charge is -2.53. The van der Waals surface area contributed by atoms with E-state index in [1.165, 1.54) is 5.56 Å². The smallest absolute Gasteiger partial charge is 0.248 e. The molecule has 3 heterocycles. The number of methoxy groups -OCH3 is 1. The van der Waals surface area contributed by atoms with E-state index in [1.54, 1.807) is 7.11 Å². The third-order valence-electron chi connectivity index (χ3n) is 6.07. The monoisotopic (exact) mass is 375 g/mol. The quantitative estimate of drug-likeness (QED) is 0.762. The number of pyridine rings is 1. The molecule has 2 aliphatic heterocycles. The van der Waals surface area contributed by atoms with E-state index in [9.17, 15) is 4.79 Å². The minimum absolute atomic E-state index is 0.106. The summed E-state index contributed by atoms with van der Waals surface area (Å²) in [5.41, 5.74) is 1.42. The Labute approximate surface area is 162 Å². The van der Waals surface area contributed by atoms with Gasteiger partial charge in [-0.3, -0.25) is 14.6 Å². The molecule has 7 heteroatoms. The third-order valence-corrected chi connectivity index (χ3v) is 6.07. The fourth-order valence-electron chi connectivity index (χ4n) is 4.24. The Morgan fingerprint density at radius 1 is 1.22 bits per heavy atom. The third kappa shape index (κ3) is 4.59. The number of likely N-dealkylation sites (N-methyl/N-ethyl adjacent to an activating group) is 1. The standard InChI is InChI=1S/C20H33N5O2/c1-22(2)18-6-5-17(13-21-18)14-24-12-11-23(3)20(16-24)7-9-25(10-8-20)19(26)15-27-4/h5-6,13H,7-12,14-16H2,1-4H3. The SMILES string of the molecule is COCC(=O)N1CCC2(CC1)CN(Cc1ccc(N(C)C)nc1)CCN2C. The van der Waals surface area contributed by atoms with Crippen molar-refractivity contribution < 1.29 is 9.53 Å². The fraction of sp³-hybridized carbons (Fsp3) is 0.700. The molecule has 0 aliphatic carbocycles. The second-order valence-electron chi connectivity index (χ2n) is 8.09. The molecule has 0 aromatic carbocycles. The highest BCUT2D eigenvalue weighted by Gasteiger charge is 2.42. The molecule has 1 amide bonds. The van der Waals surface area contributed by atoms with Crippen molar-refractivity contribution in [3.63, 3.8) is 0 Å². The fourth-order valence-corrected chi connectivity index (χ4v) is 4.24. The van der Waals surface area contributed by atoms with Crippen molar-refractivity contribution in [1.82, 2.24) is 19.7 Å². The number of carbonyl (C=O) groups is 1. The molecule has 2 saturated heterocycles. The lowest BCUT2D eigenvalue weighted by atomic mass is 9.83. The molecule has 0 N–H and O–H groups in total. The molecular weight excluding hydrogens is 342 g/mol. The Bertz CT molecular complexity index is 626. The predicted molar refractivity (Wildman–Crippen MR) is 107 cm³/mol.